The van der Waals surface area contributed by atoms with Crippen molar-refractivity contribution in [1.29, 1.82) is 0 Å². The van der Waals surface area contributed by atoms with Gasteiger partial charge in [-0.25, -0.2) is 13.9 Å². The zero-order valence-electron chi connectivity index (χ0n) is 19.5. The van der Waals surface area contributed by atoms with Gasteiger partial charge in [0, 0.05) is 29.9 Å². The largest absolute Gasteiger partial charge is 0.457 e. The van der Waals surface area contributed by atoms with E-state index in [1.807, 2.05) is 58.0 Å². The molecule has 0 aliphatic carbocycles. The summed E-state index contributed by atoms with van der Waals surface area (Å²) < 4.78 is 21.9. The molecule has 0 fully saturated rings. The molecule has 2 aromatic heterocycles. The Labute approximate surface area is 197 Å². The van der Waals surface area contributed by atoms with Gasteiger partial charge in [-0.1, -0.05) is 38.5 Å². The molecular weight excluding hydrogens is 433 g/mol. The van der Waals surface area contributed by atoms with Gasteiger partial charge >= 0.3 is 6.03 Å². The Morgan fingerprint density at radius 2 is 1.65 bits per heavy atom. The maximum absolute atomic E-state index is 14.6. The van der Waals surface area contributed by atoms with E-state index in [-0.39, 0.29) is 11.1 Å². The second-order valence-corrected chi connectivity index (χ2v) is 8.92. The highest BCUT2D eigenvalue weighted by atomic mass is 19.1. The molecule has 0 radical (unpaired) electrons. The van der Waals surface area contributed by atoms with Crippen molar-refractivity contribution in [1.82, 2.24) is 14.8 Å². The number of carbonyl (C=O) groups is 1. The number of amides is 2. The van der Waals surface area contributed by atoms with Gasteiger partial charge in [0.05, 0.1) is 17.1 Å². The topological polar surface area (TPSA) is 81.1 Å². The summed E-state index contributed by atoms with van der Waals surface area (Å²) in [6.07, 6.45) is 3.16. The van der Waals surface area contributed by atoms with Crippen molar-refractivity contribution >= 4 is 17.5 Å². The molecule has 34 heavy (non-hydrogen) atoms. The number of benzene rings is 2. The Morgan fingerprint density at radius 1 is 0.941 bits per heavy atom. The number of anilines is 2. The van der Waals surface area contributed by atoms with E-state index in [4.69, 9.17) is 4.74 Å². The molecule has 0 saturated heterocycles. The molecule has 4 aromatic rings. The van der Waals surface area contributed by atoms with Gasteiger partial charge in [-0.05, 0) is 43.3 Å². The number of pyridine rings is 1. The van der Waals surface area contributed by atoms with Gasteiger partial charge in [0.2, 0.25) is 0 Å². The number of nitrogens with zero attached hydrogens (tertiary/aromatic N) is 3. The van der Waals surface area contributed by atoms with Crippen molar-refractivity contribution < 1.29 is 13.9 Å². The molecule has 2 heterocycles. The van der Waals surface area contributed by atoms with Gasteiger partial charge in [0.1, 0.15) is 23.1 Å². The third kappa shape index (κ3) is 5.40. The van der Waals surface area contributed by atoms with Crippen molar-refractivity contribution in [3.63, 3.8) is 0 Å². The summed E-state index contributed by atoms with van der Waals surface area (Å²) in [6, 6.07) is 16.6. The van der Waals surface area contributed by atoms with Gasteiger partial charge in [-0.15, -0.1) is 0 Å². The van der Waals surface area contributed by atoms with Crippen molar-refractivity contribution in [2.24, 2.45) is 0 Å². The molecule has 0 atom stereocenters. The normalized spacial score (nSPS) is 11.2. The summed E-state index contributed by atoms with van der Waals surface area (Å²) in [4.78, 5) is 16.7. The van der Waals surface area contributed by atoms with Crippen molar-refractivity contribution in [2.45, 2.75) is 33.1 Å². The minimum absolute atomic E-state index is 0.0250. The summed E-state index contributed by atoms with van der Waals surface area (Å²) in [6.45, 7) is 8.14. The van der Waals surface area contributed by atoms with E-state index in [1.165, 1.54) is 12.1 Å². The fourth-order valence-electron chi connectivity index (χ4n) is 3.19. The van der Waals surface area contributed by atoms with E-state index in [9.17, 15) is 9.18 Å². The van der Waals surface area contributed by atoms with Crippen LogP contribution in [0.25, 0.3) is 5.69 Å². The molecule has 0 aliphatic rings. The lowest BCUT2D eigenvalue weighted by Crippen LogP contribution is -2.22. The first kappa shape index (κ1) is 23.0. The summed E-state index contributed by atoms with van der Waals surface area (Å²) in [5, 5.41) is 10.0. The number of aromatic nitrogens is 3. The summed E-state index contributed by atoms with van der Waals surface area (Å²) >= 11 is 0. The number of hydrogen-bond acceptors (Lipinski definition) is 4. The van der Waals surface area contributed by atoms with Crippen LogP contribution in [0.2, 0.25) is 0 Å². The van der Waals surface area contributed by atoms with E-state index in [1.54, 1.807) is 35.3 Å². The molecule has 2 aromatic carbocycles. The van der Waals surface area contributed by atoms with Crippen molar-refractivity contribution in [3.8, 4) is 17.2 Å². The molecule has 8 heteroatoms. The Bertz CT molecular complexity index is 1300. The van der Waals surface area contributed by atoms with Gasteiger partial charge < -0.3 is 10.1 Å². The van der Waals surface area contributed by atoms with E-state index in [0.29, 0.717) is 17.3 Å². The Hall–Kier alpha value is -4.20. The van der Waals surface area contributed by atoms with Crippen LogP contribution in [0.5, 0.6) is 11.5 Å². The number of ether oxygens (including phenoxy) is 1. The number of rotatable bonds is 5. The zero-order valence-corrected chi connectivity index (χ0v) is 19.5. The number of halogens is 1. The van der Waals surface area contributed by atoms with Crippen LogP contribution >= 0.6 is 0 Å². The highest BCUT2D eigenvalue weighted by Crippen LogP contribution is 2.28. The van der Waals surface area contributed by atoms with Gasteiger partial charge in [0.25, 0.3) is 0 Å². The Kier molecular flexibility index (Phi) is 6.32. The van der Waals surface area contributed by atoms with Crippen LogP contribution in [-0.2, 0) is 5.41 Å². The lowest BCUT2D eigenvalue weighted by molar-refractivity contribution is 0.262. The first-order valence-electron chi connectivity index (χ1n) is 10.8. The molecule has 2 N–H and O–H groups in total. The zero-order chi connectivity index (χ0) is 24.3. The number of urea groups is 1. The van der Waals surface area contributed by atoms with E-state index < -0.39 is 11.8 Å². The quantitative estimate of drug-likeness (QED) is 0.359. The predicted molar refractivity (Wildman–Crippen MR) is 130 cm³/mol. The van der Waals surface area contributed by atoms with E-state index in [2.05, 4.69) is 20.7 Å². The van der Waals surface area contributed by atoms with E-state index >= 15 is 0 Å². The molecule has 0 spiro atoms. The maximum atomic E-state index is 14.6. The lowest BCUT2D eigenvalue weighted by atomic mass is 9.92. The number of carbonyl (C=O) groups excluding carboxylic acids is 1. The van der Waals surface area contributed by atoms with Gasteiger partial charge in [-0.2, -0.15) is 5.10 Å². The van der Waals surface area contributed by atoms with Crippen LogP contribution in [0, 0.1) is 12.7 Å². The molecule has 7 nitrogen and oxygen atoms in total. The third-order valence-corrected chi connectivity index (χ3v) is 5.07. The highest BCUT2D eigenvalue weighted by molar-refractivity contribution is 5.99. The van der Waals surface area contributed by atoms with Crippen LogP contribution in [0.3, 0.4) is 0 Å². The lowest BCUT2D eigenvalue weighted by Gasteiger charge is -2.14. The molecule has 4 rings (SSSR count). The molecule has 2 amide bonds. The monoisotopic (exact) mass is 459 g/mol. The predicted octanol–water partition coefficient (Wildman–Crippen LogP) is 6.45. The maximum Gasteiger partial charge on any atom is 0.324 e. The van der Waals surface area contributed by atoms with Crippen LogP contribution < -0.4 is 15.4 Å². The van der Waals surface area contributed by atoms with Crippen molar-refractivity contribution in [3.05, 3.63) is 90.1 Å². The molecule has 0 unspecified atom stereocenters. The van der Waals surface area contributed by atoms with Crippen LogP contribution in [0.1, 0.15) is 32.0 Å². The number of nitrogens with one attached hydrogen (secondary N) is 2. The first-order chi connectivity index (χ1) is 16.2. The van der Waals surface area contributed by atoms with Gasteiger partial charge in [-0.3, -0.25) is 10.3 Å². The first-order valence-corrected chi connectivity index (χ1v) is 10.8. The van der Waals surface area contributed by atoms with Gasteiger partial charge in [0.15, 0.2) is 0 Å². The SMILES string of the molecule is Cc1ccc(-n2nc(C(C)(C)C)cc2NC(=O)Nc2ccc(Oc3ccncc3)cc2F)cc1. The Morgan fingerprint density at radius 3 is 2.29 bits per heavy atom. The highest BCUT2D eigenvalue weighted by Gasteiger charge is 2.22. The fraction of sp³-hybridized carbons (Fsp3) is 0.192. The minimum atomic E-state index is -0.621. The second kappa shape index (κ2) is 9.35. The molecule has 174 valence electrons. The summed E-state index contributed by atoms with van der Waals surface area (Å²) in [7, 11) is 0. The average molecular weight is 460 g/mol. The summed E-state index contributed by atoms with van der Waals surface area (Å²) in [5.41, 5.74) is 2.54. The second-order valence-electron chi connectivity index (χ2n) is 8.92. The van der Waals surface area contributed by atoms with Crippen molar-refractivity contribution in [2.75, 3.05) is 10.6 Å². The summed E-state index contributed by atoms with van der Waals surface area (Å²) in [5.74, 6) is 0.697. The Balaban J connectivity index is 1.52. The molecule has 0 bridgehead atoms. The van der Waals surface area contributed by atoms with Crippen LogP contribution in [-0.4, -0.2) is 20.8 Å². The van der Waals surface area contributed by atoms with E-state index in [0.717, 1.165) is 16.9 Å². The smallest absolute Gasteiger partial charge is 0.324 e. The standard InChI is InChI=1S/C26H26FN5O2/c1-17-5-7-18(8-6-17)32-24(16-23(31-32)26(2,3)4)30-25(33)29-22-10-9-20(15-21(22)27)34-19-11-13-28-14-12-19/h5-16H,1-4H3,(H2,29,30,33). The van der Waals surface area contributed by atoms with Crippen LogP contribution in [0.4, 0.5) is 20.7 Å². The molecule has 0 aliphatic heterocycles. The molecular formula is C26H26FN5O2. The van der Waals surface area contributed by atoms with Crippen LogP contribution in [0.15, 0.2) is 73.1 Å². The third-order valence-electron chi connectivity index (χ3n) is 5.07. The number of aryl methyl sites for hydroxylation is 1. The number of hydrogen-bond donors (Lipinski definition) is 2. The fourth-order valence-corrected chi connectivity index (χ4v) is 3.19. The minimum Gasteiger partial charge on any atom is -0.457 e. The average Bonchev–Trinajstić information content (AvgIpc) is 3.21. The molecule has 0 saturated carbocycles.